The van der Waals surface area contributed by atoms with Crippen LogP contribution in [0.15, 0.2) is 18.2 Å². The van der Waals surface area contributed by atoms with E-state index in [2.05, 4.69) is 13.8 Å². The summed E-state index contributed by atoms with van der Waals surface area (Å²) in [6, 6.07) is 5.29. The number of benzene rings is 1. The molecule has 19 heavy (non-hydrogen) atoms. The van der Waals surface area contributed by atoms with Gasteiger partial charge in [0.05, 0.1) is 19.3 Å². The van der Waals surface area contributed by atoms with Crippen molar-refractivity contribution in [1.29, 1.82) is 0 Å². The van der Waals surface area contributed by atoms with Crippen molar-refractivity contribution in [2.24, 2.45) is 11.7 Å². The maximum Gasteiger partial charge on any atom is 0.161 e. The van der Waals surface area contributed by atoms with Crippen molar-refractivity contribution in [3.63, 3.8) is 0 Å². The summed E-state index contributed by atoms with van der Waals surface area (Å²) in [6.07, 6.45) is 0.995. The van der Waals surface area contributed by atoms with E-state index in [1.807, 2.05) is 18.2 Å². The summed E-state index contributed by atoms with van der Waals surface area (Å²) >= 11 is 0. The first kappa shape index (κ1) is 14.2. The summed E-state index contributed by atoms with van der Waals surface area (Å²) < 4.78 is 11.2. The van der Waals surface area contributed by atoms with Crippen LogP contribution in [0.5, 0.6) is 11.5 Å². The Balaban J connectivity index is 2.14. The van der Waals surface area contributed by atoms with Gasteiger partial charge in [-0.05, 0) is 30.0 Å². The standard InChI is InChI=1S/C15H23NO3/c1-10(2)8-12(16)15(17)11-4-5-13-14(9-11)19-7-3-6-18-13/h4-5,9-10,12,15,17H,3,6-8,16H2,1-2H3. The average Bonchev–Trinajstić information content (AvgIpc) is 2.61. The minimum absolute atomic E-state index is 0.259. The van der Waals surface area contributed by atoms with Gasteiger partial charge < -0.3 is 20.3 Å². The molecule has 1 aliphatic heterocycles. The van der Waals surface area contributed by atoms with Gasteiger partial charge in [-0.15, -0.1) is 0 Å². The molecule has 0 amide bonds. The van der Waals surface area contributed by atoms with Crippen LogP contribution >= 0.6 is 0 Å². The molecule has 0 bridgehead atoms. The third-order valence-electron chi connectivity index (χ3n) is 3.26. The van der Waals surface area contributed by atoms with Gasteiger partial charge in [-0.3, -0.25) is 0 Å². The fraction of sp³-hybridized carbons (Fsp3) is 0.600. The number of ether oxygens (including phenoxy) is 2. The van der Waals surface area contributed by atoms with Gasteiger partial charge in [0.15, 0.2) is 11.5 Å². The Morgan fingerprint density at radius 2 is 1.89 bits per heavy atom. The zero-order valence-electron chi connectivity index (χ0n) is 11.6. The Morgan fingerprint density at radius 3 is 2.58 bits per heavy atom. The smallest absolute Gasteiger partial charge is 0.161 e. The van der Waals surface area contributed by atoms with E-state index in [4.69, 9.17) is 15.2 Å². The molecule has 0 saturated carbocycles. The van der Waals surface area contributed by atoms with E-state index in [1.165, 1.54) is 0 Å². The molecule has 1 aliphatic rings. The summed E-state index contributed by atoms with van der Waals surface area (Å²) in [7, 11) is 0. The molecule has 1 heterocycles. The third kappa shape index (κ3) is 3.61. The van der Waals surface area contributed by atoms with E-state index in [1.54, 1.807) is 0 Å². The molecule has 0 aliphatic carbocycles. The average molecular weight is 265 g/mol. The Kier molecular flexibility index (Phi) is 4.66. The predicted octanol–water partition coefficient (Wildman–Crippen LogP) is 2.25. The molecule has 0 radical (unpaired) electrons. The third-order valence-corrected chi connectivity index (χ3v) is 3.26. The van der Waals surface area contributed by atoms with Crippen LogP contribution in [0.1, 0.15) is 38.4 Å². The van der Waals surface area contributed by atoms with Crippen LogP contribution < -0.4 is 15.2 Å². The van der Waals surface area contributed by atoms with Gasteiger partial charge in [0.1, 0.15) is 0 Å². The van der Waals surface area contributed by atoms with Gasteiger partial charge in [0.2, 0.25) is 0 Å². The molecular formula is C15H23NO3. The number of hydrogen-bond acceptors (Lipinski definition) is 4. The van der Waals surface area contributed by atoms with Crippen LogP contribution in [0.2, 0.25) is 0 Å². The second-order valence-corrected chi connectivity index (χ2v) is 5.49. The van der Waals surface area contributed by atoms with Crippen LogP contribution in [0, 0.1) is 5.92 Å². The van der Waals surface area contributed by atoms with Crippen LogP contribution in [0.3, 0.4) is 0 Å². The predicted molar refractivity (Wildman–Crippen MR) is 74.4 cm³/mol. The van der Waals surface area contributed by atoms with E-state index >= 15 is 0 Å². The van der Waals surface area contributed by atoms with Gasteiger partial charge in [-0.2, -0.15) is 0 Å². The molecule has 4 nitrogen and oxygen atoms in total. The van der Waals surface area contributed by atoms with E-state index in [-0.39, 0.29) is 6.04 Å². The molecular weight excluding hydrogens is 242 g/mol. The number of hydrogen-bond donors (Lipinski definition) is 2. The highest BCUT2D eigenvalue weighted by atomic mass is 16.5. The minimum Gasteiger partial charge on any atom is -0.490 e. The van der Waals surface area contributed by atoms with E-state index in [0.717, 1.165) is 24.2 Å². The molecule has 3 N–H and O–H groups in total. The van der Waals surface area contributed by atoms with Gasteiger partial charge >= 0.3 is 0 Å². The number of aliphatic hydroxyl groups excluding tert-OH is 1. The highest BCUT2D eigenvalue weighted by molar-refractivity contribution is 5.44. The molecule has 2 rings (SSSR count). The Morgan fingerprint density at radius 1 is 1.21 bits per heavy atom. The Labute approximate surface area is 114 Å². The summed E-state index contributed by atoms with van der Waals surface area (Å²) in [6.45, 7) is 5.51. The van der Waals surface area contributed by atoms with Crippen molar-refractivity contribution in [3.05, 3.63) is 23.8 Å². The first-order valence-corrected chi connectivity index (χ1v) is 6.91. The number of rotatable bonds is 4. The number of nitrogens with two attached hydrogens (primary N) is 1. The number of aliphatic hydroxyl groups is 1. The van der Waals surface area contributed by atoms with Crippen molar-refractivity contribution < 1.29 is 14.6 Å². The topological polar surface area (TPSA) is 64.7 Å². The molecule has 0 fully saturated rings. The van der Waals surface area contributed by atoms with Crippen molar-refractivity contribution in [3.8, 4) is 11.5 Å². The molecule has 0 saturated heterocycles. The first-order valence-electron chi connectivity index (χ1n) is 6.91. The lowest BCUT2D eigenvalue weighted by Gasteiger charge is -2.21. The van der Waals surface area contributed by atoms with Gasteiger partial charge in [0, 0.05) is 12.5 Å². The van der Waals surface area contributed by atoms with Crippen molar-refractivity contribution in [2.75, 3.05) is 13.2 Å². The number of fused-ring (bicyclic) bond motifs is 1. The zero-order chi connectivity index (χ0) is 13.8. The zero-order valence-corrected chi connectivity index (χ0v) is 11.6. The van der Waals surface area contributed by atoms with E-state index in [0.29, 0.717) is 24.9 Å². The monoisotopic (exact) mass is 265 g/mol. The van der Waals surface area contributed by atoms with Gasteiger partial charge in [-0.1, -0.05) is 19.9 Å². The molecule has 106 valence electrons. The van der Waals surface area contributed by atoms with Crippen molar-refractivity contribution in [1.82, 2.24) is 0 Å². The second-order valence-electron chi connectivity index (χ2n) is 5.49. The molecule has 1 aromatic carbocycles. The lowest BCUT2D eigenvalue weighted by atomic mass is 9.95. The maximum absolute atomic E-state index is 10.3. The van der Waals surface area contributed by atoms with E-state index in [9.17, 15) is 5.11 Å². The highest BCUT2D eigenvalue weighted by Crippen LogP contribution is 2.33. The van der Waals surface area contributed by atoms with Crippen molar-refractivity contribution in [2.45, 2.75) is 38.8 Å². The van der Waals surface area contributed by atoms with E-state index < -0.39 is 6.10 Å². The molecule has 0 aromatic heterocycles. The summed E-state index contributed by atoms with van der Waals surface area (Å²) in [4.78, 5) is 0. The van der Waals surface area contributed by atoms with Gasteiger partial charge in [0.25, 0.3) is 0 Å². The largest absolute Gasteiger partial charge is 0.490 e. The fourth-order valence-electron chi connectivity index (χ4n) is 2.28. The summed E-state index contributed by atoms with van der Waals surface area (Å²) in [5.74, 6) is 1.90. The van der Waals surface area contributed by atoms with Crippen LogP contribution in [0.25, 0.3) is 0 Å². The molecule has 2 atom stereocenters. The van der Waals surface area contributed by atoms with Crippen molar-refractivity contribution >= 4 is 0 Å². The normalized spacial score (nSPS) is 17.9. The van der Waals surface area contributed by atoms with Crippen LogP contribution in [-0.4, -0.2) is 24.4 Å². The van der Waals surface area contributed by atoms with Crippen LogP contribution in [0.4, 0.5) is 0 Å². The highest BCUT2D eigenvalue weighted by Gasteiger charge is 2.20. The Hall–Kier alpha value is -1.26. The van der Waals surface area contributed by atoms with Crippen LogP contribution in [-0.2, 0) is 0 Å². The maximum atomic E-state index is 10.3. The lowest BCUT2D eigenvalue weighted by Crippen LogP contribution is -2.29. The fourth-order valence-corrected chi connectivity index (χ4v) is 2.28. The molecule has 4 heteroatoms. The lowest BCUT2D eigenvalue weighted by molar-refractivity contribution is 0.135. The summed E-state index contributed by atoms with van der Waals surface area (Å²) in [5, 5.41) is 10.3. The molecule has 2 unspecified atom stereocenters. The summed E-state index contributed by atoms with van der Waals surface area (Å²) in [5.41, 5.74) is 6.82. The Bertz CT molecular complexity index is 420. The quantitative estimate of drug-likeness (QED) is 0.876. The first-order chi connectivity index (χ1) is 9.08. The second kappa shape index (κ2) is 6.26. The minimum atomic E-state index is -0.667. The molecule has 0 spiro atoms. The SMILES string of the molecule is CC(C)CC(N)C(O)c1ccc2c(c1)OCCCO2. The molecule has 1 aromatic rings. The van der Waals surface area contributed by atoms with Gasteiger partial charge in [-0.25, -0.2) is 0 Å².